The van der Waals surface area contributed by atoms with Crippen LogP contribution in [0.4, 0.5) is 0 Å². The molecule has 0 aliphatic heterocycles. The summed E-state index contributed by atoms with van der Waals surface area (Å²) in [5.74, 6) is -4.29. The first-order chi connectivity index (χ1) is 12.1. The SMILES string of the molecule is C[C@@H](N[C@H](Cc1cnc[nH]1)C(=O)O)[C@H](NC(=O)[C@@H](N)CC(N)=O)C(=O)O. The molecule has 26 heavy (non-hydrogen) atoms. The normalized spacial score (nSPS) is 15.5. The standard InChI is InChI=1S/C14H22N6O6/c1-6(19-9(13(23)24)2-7-4-17-5-18-7)11(14(25)26)20-12(22)8(15)3-10(16)21/h4-6,8-9,11,19H,2-3,15H2,1H3,(H2,16,21)(H,17,18)(H,20,22)(H,23,24)(H,25,26)/t6-,8+,9-,11+/m1/s1. The number of imidazole rings is 1. The number of H-pyrrole nitrogens is 1. The molecular formula is C14H22N6O6. The first kappa shape index (κ1) is 21.1. The minimum atomic E-state index is -1.47. The van der Waals surface area contributed by atoms with E-state index in [9.17, 15) is 29.4 Å². The van der Waals surface area contributed by atoms with Gasteiger partial charge in [-0.1, -0.05) is 0 Å². The quantitative estimate of drug-likeness (QED) is 0.213. The number of aromatic amines is 1. The van der Waals surface area contributed by atoms with Crippen molar-refractivity contribution >= 4 is 23.8 Å². The first-order valence-electron chi connectivity index (χ1n) is 7.65. The van der Waals surface area contributed by atoms with Gasteiger partial charge in [-0.25, -0.2) is 9.78 Å². The second kappa shape index (κ2) is 9.48. The summed E-state index contributed by atoms with van der Waals surface area (Å²) in [7, 11) is 0. The summed E-state index contributed by atoms with van der Waals surface area (Å²) >= 11 is 0. The van der Waals surface area contributed by atoms with Gasteiger partial charge in [0, 0.05) is 24.4 Å². The lowest BCUT2D eigenvalue weighted by atomic mass is 10.1. The van der Waals surface area contributed by atoms with Gasteiger partial charge in [0.25, 0.3) is 0 Å². The number of nitrogens with two attached hydrogens (primary N) is 2. The second-order valence-corrected chi connectivity index (χ2v) is 5.73. The Bertz CT molecular complexity index is 648. The molecule has 0 unspecified atom stereocenters. The number of carboxylic acids is 2. The number of rotatable bonds is 11. The molecule has 12 heteroatoms. The van der Waals surface area contributed by atoms with Gasteiger partial charge in [0.2, 0.25) is 11.8 Å². The van der Waals surface area contributed by atoms with Crippen LogP contribution < -0.4 is 22.1 Å². The van der Waals surface area contributed by atoms with E-state index < -0.39 is 54.3 Å². The van der Waals surface area contributed by atoms with E-state index in [4.69, 9.17) is 11.5 Å². The molecule has 4 atom stereocenters. The average molecular weight is 370 g/mol. The lowest BCUT2D eigenvalue weighted by Crippen LogP contribution is -2.59. The van der Waals surface area contributed by atoms with Crippen molar-refractivity contribution in [3.8, 4) is 0 Å². The van der Waals surface area contributed by atoms with Crippen molar-refractivity contribution in [2.24, 2.45) is 11.5 Å². The molecule has 0 saturated heterocycles. The number of aliphatic carboxylic acids is 2. The molecule has 2 amide bonds. The Kier molecular flexibility index (Phi) is 7.68. The highest BCUT2D eigenvalue weighted by atomic mass is 16.4. The van der Waals surface area contributed by atoms with Gasteiger partial charge in [0.05, 0.1) is 18.8 Å². The van der Waals surface area contributed by atoms with Gasteiger partial charge in [-0.05, 0) is 6.92 Å². The number of nitrogens with zero attached hydrogens (tertiary/aromatic N) is 1. The van der Waals surface area contributed by atoms with Crippen molar-refractivity contribution in [2.45, 2.75) is 43.9 Å². The van der Waals surface area contributed by atoms with E-state index in [1.54, 1.807) is 0 Å². The van der Waals surface area contributed by atoms with E-state index in [1.165, 1.54) is 19.4 Å². The van der Waals surface area contributed by atoms with Crippen LogP contribution in [-0.2, 0) is 25.6 Å². The third-order valence-electron chi connectivity index (χ3n) is 3.56. The Balaban J connectivity index is 2.77. The minimum Gasteiger partial charge on any atom is -0.480 e. The fraction of sp³-hybridized carbons (Fsp3) is 0.500. The van der Waals surface area contributed by atoms with E-state index in [1.807, 2.05) is 0 Å². The molecule has 12 nitrogen and oxygen atoms in total. The number of hydrogen-bond donors (Lipinski definition) is 7. The summed E-state index contributed by atoms with van der Waals surface area (Å²) < 4.78 is 0. The molecule has 0 aromatic carbocycles. The number of aromatic nitrogens is 2. The van der Waals surface area contributed by atoms with Gasteiger partial charge < -0.3 is 32.0 Å². The summed E-state index contributed by atoms with van der Waals surface area (Å²) in [6.45, 7) is 1.40. The molecule has 144 valence electrons. The molecule has 0 saturated carbocycles. The van der Waals surface area contributed by atoms with Crippen molar-refractivity contribution in [2.75, 3.05) is 0 Å². The Morgan fingerprint density at radius 1 is 1.27 bits per heavy atom. The summed E-state index contributed by atoms with van der Waals surface area (Å²) in [5.41, 5.74) is 11.0. The Hall–Kier alpha value is -2.99. The number of primary amides is 1. The van der Waals surface area contributed by atoms with Crippen LogP contribution >= 0.6 is 0 Å². The zero-order valence-corrected chi connectivity index (χ0v) is 14.0. The number of hydrogen-bond acceptors (Lipinski definition) is 7. The number of carbonyl (C=O) groups is 4. The Morgan fingerprint density at radius 2 is 1.92 bits per heavy atom. The molecule has 1 aromatic heterocycles. The maximum Gasteiger partial charge on any atom is 0.327 e. The third kappa shape index (κ3) is 6.49. The van der Waals surface area contributed by atoms with Gasteiger partial charge in [-0.3, -0.25) is 19.7 Å². The molecule has 1 rings (SSSR count). The highest BCUT2D eigenvalue weighted by Gasteiger charge is 2.32. The number of amides is 2. The van der Waals surface area contributed by atoms with Gasteiger partial charge in [0.1, 0.15) is 12.1 Å². The first-order valence-corrected chi connectivity index (χ1v) is 7.65. The van der Waals surface area contributed by atoms with Crippen LogP contribution in [0.15, 0.2) is 12.5 Å². The second-order valence-electron chi connectivity index (χ2n) is 5.73. The lowest BCUT2D eigenvalue weighted by molar-refractivity contribution is -0.144. The zero-order chi connectivity index (χ0) is 19.9. The number of carbonyl (C=O) groups excluding carboxylic acids is 2. The minimum absolute atomic E-state index is 0.0289. The number of carboxylic acid groups (broad SMARTS) is 2. The molecule has 0 fully saturated rings. The van der Waals surface area contributed by atoms with E-state index >= 15 is 0 Å². The maximum absolute atomic E-state index is 11.9. The Labute approximate surface area is 148 Å². The number of nitrogens with one attached hydrogen (secondary N) is 3. The van der Waals surface area contributed by atoms with E-state index in [0.29, 0.717) is 5.69 Å². The highest BCUT2D eigenvalue weighted by molar-refractivity contribution is 5.90. The molecule has 9 N–H and O–H groups in total. The lowest BCUT2D eigenvalue weighted by Gasteiger charge is -2.26. The molecule has 0 bridgehead atoms. The highest BCUT2D eigenvalue weighted by Crippen LogP contribution is 2.03. The smallest absolute Gasteiger partial charge is 0.327 e. The van der Waals surface area contributed by atoms with Crippen LogP contribution in [0, 0.1) is 0 Å². The van der Waals surface area contributed by atoms with Crippen LogP contribution in [0.2, 0.25) is 0 Å². The fourth-order valence-corrected chi connectivity index (χ4v) is 2.22. The van der Waals surface area contributed by atoms with Gasteiger partial charge in [-0.15, -0.1) is 0 Å². The third-order valence-corrected chi connectivity index (χ3v) is 3.56. The largest absolute Gasteiger partial charge is 0.480 e. The monoisotopic (exact) mass is 370 g/mol. The summed E-state index contributed by atoms with van der Waals surface area (Å²) in [6.07, 6.45) is 2.42. The van der Waals surface area contributed by atoms with Gasteiger partial charge in [-0.2, -0.15) is 0 Å². The van der Waals surface area contributed by atoms with Crippen LogP contribution in [0.3, 0.4) is 0 Å². The molecule has 0 spiro atoms. The topological polar surface area (TPSA) is 214 Å². The van der Waals surface area contributed by atoms with Crippen molar-refractivity contribution in [3.05, 3.63) is 18.2 Å². The van der Waals surface area contributed by atoms with Crippen LogP contribution in [0.5, 0.6) is 0 Å². The van der Waals surface area contributed by atoms with Crippen molar-refractivity contribution in [3.63, 3.8) is 0 Å². The van der Waals surface area contributed by atoms with Gasteiger partial charge in [0.15, 0.2) is 0 Å². The average Bonchev–Trinajstić information content (AvgIpc) is 3.03. The Morgan fingerprint density at radius 3 is 2.38 bits per heavy atom. The predicted octanol–water partition coefficient (Wildman–Crippen LogP) is -2.84. The van der Waals surface area contributed by atoms with Crippen LogP contribution in [0.25, 0.3) is 0 Å². The van der Waals surface area contributed by atoms with Crippen molar-refractivity contribution in [1.29, 1.82) is 0 Å². The molecular weight excluding hydrogens is 348 g/mol. The predicted molar refractivity (Wildman–Crippen MR) is 87.7 cm³/mol. The van der Waals surface area contributed by atoms with Crippen molar-refractivity contribution < 1.29 is 29.4 Å². The zero-order valence-electron chi connectivity index (χ0n) is 14.0. The van der Waals surface area contributed by atoms with E-state index in [0.717, 1.165) is 0 Å². The van der Waals surface area contributed by atoms with Crippen LogP contribution in [-0.4, -0.2) is 68.1 Å². The summed E-state index contributed by atoms with van der Waals surface area (Å²) in [5, 5.41) is 23.4. The summed E-state index contributed by atoms with van der Waals surface area (Å²) in [4.78, 5) is 52.1. The van der Waals surface area contributed by atoms with Gasteiger partial charge >= 0.3 is 11.9 Å². The molecule has 0 aliphatic rings. The molecule has 0 aliphatic carbocycles. The summed E-state index contributed by atoms with van der Waals surface area (Å²) in [6, 6.07) is -4.85. The van der Waals surface area contributed by atoms with E-state index in [2.05, 4.69) is 20.6 Å². The maximum atomic E-state index is 11.9. The van der Waals surface area contributed by atoms with Crippen LogP contribution in [0.1, 0.15) is 19.0 Å². The van der Waals surface area contributed by atoms with Crippen molar-refractivity contribution in [1.82, 2.24) is 20.6 Å². The molecule has 0 radical (unpaired) electrons. The van der Waals surface area contributed by atoms with E-state index in [-0.39, 0.29) is 6.42 Å². The molecule has 1 heterocycles. The molecule has 1 aromatic rings. The fourth-order valence-electron chi connectivity index (χ4n) is 2.22.